The number of rotatable bonds is 2. The molecule has 0 aliphatic heterocycles. The van der Waals surface area contributed by atoms with Gasteiger partial charge in [0.15, 0.2) is 11.5 Å². The summed E-state index contributed by atoms with van der Waals surface area (Å²) in [4.78, 5) is 4.29. The van der Waals surface area contributed by atoms with Crippen LogP contribution >= 0.6 is 0 Å². The summed E-state index contributed by atoms with van der Waals surface area (Å²) < 4.78 is 7.02. The van der Waals surface area contributed by atoms with E-state index in [0.29, 0.717) is 11.6 Å². The molecule has 0 saturated heterocycles. The van der Waals surface area contributed by atoms with E-state index in [4.69, 9.17) is 10.3 Å². The van der Waals surface area contributed by atoms with Gasteiger partial charge in [-0.2, -0.15) is 0 Å². The van der Waals surface area contributed by atoms with Crippen molar-refractivity contribution in [3.05, 3.63) is 42.2 Å². The van der Waals surface area contributed by atoms with Crippen LogP contribution in [0.25, 0.3) is 22.6 Å². The van der Waals surface area contributed by atoms with Gasteiger partial charge in [-0.25, -0.2) is 4.98 Å². The van der Waals surface area contributed by atoms with E-state index in [2.05, 4.69) is 10.1 Å². The highest BCUT2D eigenvalue weighted by Crippen LogP contribution is 2.35. The minimum Gasteiger partial charge on any atom is -0.367 e. The predicted octanol–water partition coefficient (Wildman–Crippen LogP) is 2.63. The lowest BCUT2D eigenvalue weighted by Gasteiger charge is -2.03. The Balaban J connectivity index is 2.19. The molecule has 0 fully saturated rings. The second-order valence-corrected chi connectivity index (χ2v) is 4.50. The molecule has 1 aromatic carbocycles. The Kier molecular flexibility index (Phi) is 2.59. The monoisotopic (exact) mass is 254 g/mol. The summed E-state index contributed by atoms with van der Waals surface area (Å²) in [6.07, 6.45) is 3.58. The van der Waals surface area contributed by atoms with Crippen LogP contribution in [0.3, 0.4) is 0 Å². The highest BCUT2D eigenvalue weighted by molar-refractivity contribution is 5.84. The van der Waals surface area contributed by atoms with Gasteiger partial charge in [0, 0.05) is 19.4 Å². The molecule has 2 heterocycles. The molecule has 3 rings (SSSR count). The van der Waals surface area contributed by atoms with Crippen molar-refractivity contribution in [1.29, 1.82) is 0 Å². The molecule has 5 heteroatoms. The molecule has 0 saturated carbocycles. The molecule has 96 valence electrons. The zero-order valence-electron chi connectivity index (χ0n) is 10.8. The molecule has 0 aliphatic carbocycles. The van der Waals surface area contributed by atoms with Crippen LogP contribution in [0.15, 0.2) is 41.2 Å². The molecular weight excluding hydrogens is 240 g/mol. The van der Waals surface area contributed by atoms with Crippen molar-refractivity contribution in [2.75, 3.05) is 5.73 Å². The highest BCUT2D eigenvalue weighted by Gasteiger charge is 2.19. The van der Waals surface area contributed by atoms with Crippen LogP contribution in [0.2, 0.25) is 0 Å². The molecule has 2 N–H and O–H groups in total. The van der Waals surface area contributed by atoms with Crippen LogP contribution in [0, 0.1) is 6.92 Å². The van der Waals surface area contributed by atoms with E-state index in [1.807, 2.05) is 49.0 Å². The van der Waals surface area contributed by atoms with Crippen molar-refractivity contribution in [3.63, 3.8) is 0 Å². The molecule has 0 radical (unpaired) electrons. The number of hydrogen-bond donors (Lipinski definition) is 1. The van der Waals surface area contributed by atoms with Gasteiger partial charge in [-0.15, -0.1) is 0 Å². The molecule has 0 unspecified atom stereocenters. The molecular formula is C14H14N4O. The second kappa shape index (κ2) is 4.28. The Morgan fingerprint density at radius 3 is 2.58 bits per heavy atom. The Bertz CT molecular complexity index is 709. The van der Waals surface area contributed by atoms with E-state index in [1.54, 1.807) is 6.20 Å². The maximum absolute atomic E-state index is 5.90. The van der Waals surface area contributed by atoms with E-state index < -0.39 is 0 Å². The Labute approximate surface area is 110 Å². The number of nitrogens with zero attached hydrogens (tertiary/aromatic N) is 3. The topological polar surface area (TPSA) is 69.9 Å². The molecule has 0 spiro atoms. The molecule has 0 bridgehead atoms. The fourth-order valence-electron chi connectivity index (χ4n) is 2.05. The fourth-order valence-corrected chi connectivity index (χ4v) is 2.05. The van der Waals surface area contributed by atoms with Crippen LogP contribution in [0.4, 0.5) is 5.88 Å². The van der Waals surface area contributed by atoms with Gasteiger partial charge in [-0.1, -0.05) is 35.0 Å². The maximum atomic E-state index is 5.90. The second-order valence-electron chi connectivity index (χ2n) is 4.50. The lowest BCUT2D eigenvalue weighted by Crippen LogP contribution is -1.94. The third-order valence-electron chi connectivity index (χ3n) is 3.09. The summed E-state index contributed by atoms with van der Waals surface area (Å²) in [5, 5.41) is 4.03. The first-order valence-electron chi connectivity index (χ1n) is 5.96. The molecule has 5 nitrogen and oxygen atoms in total. The number of imidazole rings is 1. The number of benzene rings is 1. The van der Waals surface area contributed by atoms with E-state index in [1.165, 1.54) is 5.56 Å². The quantitative estimate of drug-likeness (QED) is 0.763. The van der Waals surface area contributed by atoms with Crippen LogP contribution in [-0.4, -0.2) is 14.7 Å². The highest BCUT2D eigenvalue weighted by atomic mass is 16.5. The maximum Gasteiger partial charge on any atom is 0.230 e. The van der Waals surface area contributed by atoms with Crippen molar-refractivity contribution >= 4 is 5.88 Å². The van der Waals surface area contributed by atoms with Gasteiger partial charge in [0.2, 0.25) is 5.88 Å². The number of anilines is 1. The number of hydrogen-bond acceptors (Lipinski definition) is 4. The van der Waals surface area contributed by atoms with Gasteiger partial charge in [-0.3, -0.25) is 0 Å². The first-order chi connectivity index (χ1) is 9.16. The Hall–Kier alpha value is -2.56. The van der Waals surface area contributed by atoms with Gasteiger partial charge in [-0.05, 0) is 12.5 Å². The molecule has 0 atom stereocenters. The Morgan fingerprint density at radius 1 is 1.21 bits per heavy atom. The van der Waals surface area contributed by atoms with Gasteiger partial charge in [0.05, 0.1) is 5.56 Å². The van der Waals surface area contributed by atoms with Crippen LogP contribution in [0.5, 0.6) is 0 Å². The van der Waals surface area contributed by atoms with Gasteiger partial charge in [0.25, 0.3) is 0 Å². The zero-order chi connectivity index (χ0) is 13.4. The van der Waals surface area contributed by atoms with E-state index in [0.717, 1.165) is 17.0 Å². The number of nitrogens with two attached hydrogens (primary N) is 1. The van der Waals surface area contributed by atoms with Gasteiger partial charge in [0.1, 0.15) is 0 Å². The molecule has 2 aromatic heterocycles. The molecule has 19 heavy (non-hydrogen) atoms. The zero-order valence-corrected chi connectivity index (χ0v) is 10.8. The van der Waals surface area contributed by atoms with Crippen LogP contribution in [0.1, 0.15) is 5.56 Å². The summed E-state index contributed by atoms with van der Waals surface area (Å²) in [6.45, 7) is 2.04. The number of aromatic nitrogens is 3. The number of aryl methyl sites for hydroxylation is 2. The van der Waals surface area contributed by atoms with E-state index >= 15 is 0 Å². The average Bonchev–Trinajstić information content (AvgIpc) is 2.97. The summed E-state index contributed by atoms with van der Waals surface area (Å²) in [5.41, 5.74) is 9.52. The van der Waals surface area contributed by atoms with Crippen molar-refractivity contribution < 1.29 is 4.52 Å². The SMILES string of the molecule is Cc1ccc(-c2c(-c3nccn3C)noc2N)cc1. The lowest BCUT2D eigenvalue weighted by atomic mass is 10.0. The summed E-state index contributed by atoms with van der Waals surface area (Å²) in [6, 6.07) is 8.07. The van der Waals surface area contributed by atoms with Crippen LogP contribution < -0.4 is 5.73 Å². The molecule has 3 aromatic rings. The normalized spacial score (nSPS) is 10.8. The van der Waals surface area contributed by atoms with Crippen molar-refractivity contribution in [2.45, 2.75) is 6.92 Å². The number of nitrogen functional groups attached to an aromatic ring is 1. The van der Waals surface area contributed by atoms with E-state index in [9.17, 15) is 0 Å². The van der Waals surface area contributed by atoms with Crippen LogP contribution in [-0.2, 0) is 7.05 Å². The average molecular weight is 254 g/mol. The Morgan fingerprint density at radius 2 is 1.95 bits per heavy atom. The third kappa shape index (κ3) is 1.89. The minimum absolute atomic E-state index is 0.307. The minimum atomic E-state index is 0.307. The summed E-state index contributed by atoms with van der Waals surface area (Å²) in [7, 11) is 1.91. The van der Waals surface area contributed by atoms with E-state index in [-0.39, 0.29) is 0 Å². The first kappa shape index (κ1) is 11.5. The van der Waals surface area contributed by atoms with Crippen molar-refractivity contribution in [3.8, 4) is 22.6 Å². The largest absolute Gasteiger partial charge is 0.367 e. The summed E-state index contributed by atoms with van der Waals surface area (Å²) in [5.74, 6) is 1.04. The smallest absolute Gasteiger partial charge is 0.230 e. The summed E-state index contributed by atoms with van der Waals surface area (Å²) >= 11 is 0. The van der Waals surface area contributed by atoms with Gasteiger partial charge >= 0.3 is 0 Å². The standard InChI is InChI=1S/C14H14N4O/c1-9-3-5-10(6-4-9)11-12(17-19-13(11)15)14-16-7-8-18(14)2/h3-8H,15H2,1-2H3. The first-order valence-corrected chi connectivity index (χ1v) is 5.96. The predicted molar refractivity (Wildman–Crippen MR) is 73.3 cm³/mol. The lowest BCUT2D eigenvalue weighted by molar-refractivity contribution is 0.438. The third-order valence-corrected chi connectivity index (χ3v) is 3.09. The molecule has 0 amide bonds. The van der Waals surface area contributed by atoms with Crippen molar-refractivity contribution in [2.24, 2.45) is 7.05 Å². The molecule has 0 aliphatic rings. The van der Waals surface area contributed by atoms with Crippen molar-refractivity contribution in [1.82, 2.24) is 14.7 Å². The van der Waals surface area contributed by atoms with Gasteiger partial charge < -0.3 is 14.8 Å². The fraction of sp³-hybridized carbons (Fsp3) is 0.143.